The van der Waals surface area contributed by atoms with Crippen LogP contribution in [-0.2, 0) is 21.7 Å². The molecule has 1 aliphatic carbocycles. The van der Waals surface area contributed by atoms with Crippen LogP contribution in [0, 0.1) is 0 Å². The Morgan fingerprint density at radius 1 is 0.492 bits per heavy atom. The highest BCUT2D eigenvalue weighted by atomic mass is 32.1. The molecular formula is C59H57BN2S. The van der Waals surface area contributed by atoms with E-state index in [1.54, 1.807) is 0 Å². The van der Waals surface area contributed by atoms with Gasteiger partial charge in [-0.1, -0.05) is 179 Å². The fourth-order valence-electron chi connectivity index (χ4n) is 10.8. The third-order valence-corrected chi connectivity index (χ3v) is 15.5. The van der Waals surface area contributed by atoms with E-state index in [1.807, 2.05) is 11.3 Å². The zero-order valence-electron chi connectivity index (χ0n) is 38.7. The third-order valence-electron chi connectivity index (χ3n) is 14.3. The van der Waals surface area contributed by atoms with E-state index in [9.17, 15) is 0 Å². The second kappa shape index (κ2) is 13.6. The van der Waals surface area contributed by atoms with E-state index >= 15 is 0 Å². The number of hydrogen-bond donors (Lipinski definition) is 0. The van der Waals surface area contributed by atoms with Crippen LogP contribution in [0.5, 0.6) is 0 Å². The number of nitrogens with zero attached hydrogens (tertiary/aromatic N) is 2. The van der Waals surface area contributed by atoms with Crippen molar-refractivity contribution in [3.63, 3.8) is 0 Å². The fourth-order valence-corrected chi connectivity index (χ4v) is 12.1. The zero-order valence-corrected chi connectivity index (χ0v) is 39.6. The van der Waals surface area contributed by atoms with Crippen molar-refractivity contribution in [1.82, 2.24) is 0 Å². The lowest BCUT2D eigenvalue weighted by Crippen LogP contribution is -2.60. The summed E-state index contributed by atoms with van der Waals surface area (Å²) < 4.78 is 2.68. The van der Waals surface area contributed by atoms with Gasteiger partial charge in [-0.15, -0.1) is 11.3 Å². The number of hydrogen-bond acceptors (Lipinski definition) is 3. The maximum Gasteiger partial charge on any atom is 0.343 e. The number of thiophene rings is 1. The van der Waals surface area contributed by atoms with Gasteiger partial charge >= 0.3 is 6.85 Å². The quantitative estimate of drug-likeness (QED) is 0.164. The van der Waals surface area contributed by atoms with E-state index in [0.29, 0.717) is 0 Å². The van der Waals surface area contributed by atoms with Gasteiger partial charge in [0.25, 0.3) is 0 Å². The monoisotopic (exact) mass is 836 g/mol. The highest BCUT2D eigenvalue weighted by molar-refractivity contribution is 7.32. The molecule has 0 radical (unpaired) electrons. The molecule has 0 saturated heterocycles. The molecule has 8 aromatic rings. The van der Waals surface area contributed by atoms with Crippen LogP contribution in [0.15, 0.2) is 146 Å². The largest absolute Gasteiger partial charge is 0.376 e. The lowest BCUT2D eigenvalue weighted by atomic mass is 9.46. The van der Waals surface area contributed by atoms with Crippen molar-refractivity contribution in [2.45, 2.75) is 97.8 Å². The van der Waals surface area contributed by atoms with Crippen LogP contribution < -0.4 is 20.0 Å². The molecule has 0 fully saturated rings. The van der Waals surface area contributed by atoms with Crippen molar-refractivity contribution in [3.8, 4) is 33.4 Å². The van der Waals surface area contributed by atoms with Gasteiger partial charge in [-0.05, 0) is 114 Å². The molecule has 0 saturated carbocycles. The van der Waals surface area contributed by atoms with E-state index in [-0.39, 0.29) is 28.5 Å². The normalized spacial score (nSPS) is 14.9. The Hall–Kier alpha value is -5.84. The maximum atomic E-state index is 2.71. The van der Waals surface area contributed by atoms with Crippen molar-refractivity contribution < 1.29 is 0 Å². The van der Waals surface area contributed by atoms with Crippen LogP contribution in [-0.4, -0.2) is 6.85 Å². The summed E-state index contributed by atoms with van der Waals surface area (Å²) in [5, 5.41) is 1.29. The summed E-state index contributed by atoms with van der Waals surface area (Å²) in [5.74, 6) is 0. The summed E-state index contributed by atoms with van der Waals surface area (Å²) in [7, 11) is 0. The highest BCUT2D eigenvalue weighted by Gasteiger charge is 2.50. The fraction of sp³-hybridized carbons (Fsp3) is 0.254. The summed E-state index contributed by atoms with van der Waals surface area (Å²) in [6.45, 7) is 25.8. The molecule has 4 heteroatoms. The smallest absolute Gasteiger partial charge is 0.343 e. The standard InChI is InChI=1S/C59H57BN2S/c1-56(2,3)37-25-28-40(29-26-37)62-48-32-30-46-51(41-21-15-17-23-45(41)59(46,10)11)52(48)44-34-39(58(7,8)9)35-49-53(44)60(62)55-54(42-22-16-18-24-50(42)63-55)61(49)47-31-27-38(57(4,5)6)33-43(47)36-19-13-12-14-20-36/h12-35H,1-11H3. The Morgan fingerprint density at radius 3 is 1.83 bits per heavy atom. The Morgan fingerprint density at radius 2 is 1.11 bits per heavy atom. The first kappa shape index (κ1) is 40.0. The van der Waals surface area contributed by atoms with Crippen LogP contribution in [0.25, 0.3) is 43.5 Å². The van der Waals surface area contributed by atoms with Crippen LogP contribution in [0.2, 0.25) is 0 Å². The van der Waals surface area contributed by atoms with Crippen LogP contribution >= 0.6 is 11.3 Å². The summed E-state index contributed by atoms with van der Waals surface area (Å²) in [5.41, 5.74) is 22.1. The van der Waals surface area contributed by atoms with Crippen molar-refractivity contribution >= 4 is 66.9 Å². The second-order valence-corrected chi connectivity index (χ2v) is 22.9. The van der Waals surface area contributed by atoms with Gasteiger partial charge in [0.1, 0.15) is 0 Å². The van der Waals surface area contributed by atoms with E-state index in [4.69, 9.17) is 0 Å². The van der Waals surface area contributed by atoms with Gasteiger partial charge in [-0.3, -0.25) is 0 Å². The second-order valence-electron chi connectivity index (χ2n) is 21.8. The van der Waals surface area contributed by atoms with E-state index in [0.717, 1.165) is 0 Å². The summed E-state index contributed by atoms with van der Waals surface area (Å²) >= 11 is 1.97. The van der Waals surface area contributed by atoms with Crippen LogP contribution in [0.1, 0.15) is 104 Å². The topological polar surface area (TPSA) is 6.48 Å². The lowest BCUT2D eigenvalue weighted by Gasteiger charge is -2.46. The van der Waals surface area contributed by atoms with Gasteiger partial charge in [0.05, 0.1) is 11.4 Å². The molecule has 7 aromatic carbocycles. The predicted octanol–water partition coefficient (Wildman–Crippen LogP) is 15.5. The van der Waals surface area contributed by atoms with Gasteiger partial charge in [-0.25, -0.2) is 0 Å². The molecule has 63 heavy (non-hydrogen) atoms. The molecule has 2 nitrogen and oxygen atoms in total. The average molecular weight is 837 g/mol. The Kier molecular flexibility index (Phi) is 8.62. The summed E-state index contributed by atoms with van der Waals surface area (Å²) in [6, 6.07) is 56.2. The summed E-state index contributed by atoms with van der Waals surface area (Å²) in [4.78, 5) is 5.39. The molecule has 0 amide bonds. The molecule has 1 aromatic heterocycles. The Balaban J connectivity index is 1.32. The first-order chi connectivity index (χ1) is 29.9. The highest BCUT2D eigenvalue weighted by Crippen LogP contribution is 2.59. The van der Waals surface area contributed by atoms with E-state index < -0.39 is 0 Å². The lowest BCUT2D eigenvalue weighted by molar-refractivity contribution is 0.590. The van der Waals surface area contributed by atoms with E-state index in [1.165, 1.54) is 110 Å². The molecule has 312 valence electrons. The first-order valence-corrected chi connectivity index (χ1v) is 23.6. The predicted molar refractivity (Wildman–Crippen MR) is 275 cm³/mol. The van der Waals surface area contributed by atoms with Gasteiger partial charge in [0, 0.05) is 48.5 Å². The van der Waals surface area contributed by atoms with Crippen molar-refractivity contribution in [1.29, 1.82) is 0 Å². The van der Waals surface area contributed by atoms with Crippen molar-refractivity contribution in [2.24, 2.45) is 0 Å². The minimum absolute atomic E-state index is 0.0161. The molecule has 3 aliphatic rings. The molecule has 0 N–H and O–H groups in total. The number of fused-ring (bicyclic) bond motifs is 10. The van der Waals surface area contributed by atoms with Crippen molar-refractivity contribution in [3.05, 3.63) is 173 Å². The molecule has 11 rings (SSSR count). The van der Waals surface area contributed by atoms with Crippen LogP contribution in [0.3, 0.4) is 0 Å². The van der Waals surface area contributed by atoms with Crippen molar-refractivity contribution in [2.75, 3.05) is 9.71 Å². The van der Waals surface area contributed by atoms with Gasteiger partial charge in [0.15, 0.2) is 0 Å². The zero-order chi connectivity index (χ0) is 44.0. The minimum Gasteiger partial charge on any atom is -0.376 e. The molecule has 0 atom stereocenters. The minimum atomic E-state index is -0.136. The molecular weight excluding hydrogens is 780 g/mol. The number of anilines is 5. The first-order valence-electron chi connectivity index (χ1n) is 22.8. The van der Waals surface area contributed by atoms with Gasteiger partial charge in [0.2, 0.25) is 0 Å². The Bertz CT molecular complexity index is 3150. The number of rotatable bonds is 3. The molecule has 0 unspecified atom stereocenters. The van der Waals surface area contributed by atoms with Crippen LogP contribution in [0.4, 0.5) is 28.4 Å². The van der Waals surface area contributed by atoms with Gasteiger partial charge < -0.3 is 9.71 Å². The molecule has 2 aliphatic heterocycles. The third kappa shape index (κ3) is 5.97. The molecule has 0 spiro atoms. The average Bonchev–Trinajstić information content (AvgIpc) is 3.75. The maximum absolute atomic E-state index is 2.71. The van der Waals surface area contributed by atoms with Gasteiger partial charge in [-0.2, -0.15) is 0 Å². The number of benzene rings is 7. The van der Waals surface area contributed by atoms with E-state index in [2.05, 4.69) is 231 Å². The SMILES string of the molecule is CC(C)(C)c1ccc(N2B3c4sc5ccccc5c4N(c4ccc(C(C)(C)C)cc4-c4ccccc4)c4cc(C(C)(C)C)cc(c43)-c3c2ccc2c3-c3ccccc3C2(C)C)cc1. The molecule has 3 heterocycles. The summed E-state index contributed by atoms with van der Waals surface area (Å²) in [6.07, 6.45) is 0. The molecule has 0 bridgehead atoms. The Labute approximate surface area is 379 Å².